The van der Waals surface area contributed by atoms with Gasteiger partial charge in [0.1, 0.15) is 0 Å². The Morgan fingerprint density at radius 3 is 2.65 bits per heavy atom. The second kappa shape index (κ2) is 4.49. The molecule has 1 amide bonds. The lowest BCUT2D eigenvalue weighted by atomic mass is 10.0. The fourth-order valence-electron chi connectivity index (χ4n) is 2.03. The van der Waals surface area contributed by atoms with Gasteiger partial charge in [-0.2, -0.15) is 13.2 Å². The van der Waals surface area contributed by atoms with Crippen molar-refractivity contribution in [2.45, 2.75) is 6.18 Å². The van der Waals surface area contributed by atoms with Crippen LogP contribution in [-0.4, -0.2) is 5.91 Å². The Hall–Kier alpha value is -2.08. The summed E-state index contributed by atoms with van der Waals surface area (Å²) in [5.74, 6) is -0.382. The SMILES string of the molecule is O=C1Nc2cc(C(F)(F)F)ccc2/C1=C\c1cccs1. The predicted molar refractivity (Wildman–Crippen MR) is 72.3 cm³/mol. The van der Waals surface area contributed by atoms with Crippen molar-refractivity contribution in [1.29, 1.82) is 0 Å². The van der Waals surface area contributed by atoms with Crippen molar-refractivity contribution in [2.24, 2.45) is 0 Å². The lowest BCUT2D eigenvalue weighted by molar-refractivity contribution is -0.137. The number of halogens is 3. The van der Waals surface area contributed by atoms with Gasteiger partial charge in [-0.15, -0.1) is 11.3 Å². The number of hydrogen-bond donors (Lipinski definition) is 1. The van der Waals surface area contributed by atoms with Crippen LogP contribution in [0.2, 0.25) is 0 Å². The summed E-state index contributed by atoms with van der Waals surface area (Å²) in [6.45, 7) is 0. The largest absolute Gasteiger partial charge is 0.416 e. The second-order valence-corrected chi connectivity index (χ2v) is 5.26. The quantitative estimate of drug-likeness (QED) is 0.783. The summed E-state index contributed by atoms with van der Waals surface area (Å²) in [4.78, 5) is 12.7. The number of benzene rings is 1. The molecule has 1 aliphatic heterocycles. The predicted octanol–water partition coefficient (Wildman–Crippen LogP) is 4.26. The van der Waals surface area contributed by atoms with E-state index in [-0.39, 0.29) is 11.6 Å². The van der Waals surface area contributed by atoms with Crippen molar-refractivity contribution in [3.8, 4) is 0 Å². The molecule has 0 saturated heterocycles. The van der Waals surface area contributed by atoms with Gasteiger partial charge in [0, 0.05) is 16.1 Å². The summed E-state index contributed by atoms with van der Waals surface area (Å²) in [6, 6.07) is 6.96. The maximum atomic E-state index is 12.6. The number of nitrogens with one attached hydrogen (secondary N) is 1. The zero-order valence-corrected chi connectivity index (χ0v) is 10.8. The van der Waals surface area contributed by atoms with E-state index in [0.29, 0.717) is 11.1 Å². The summed E-state index contributed by atoms with van der Waals surface area (Å²) >= 11 is 1.46. The Labute approximate surface area is 116 Å². The third kappa shape index (κ3) is 2.22. The third-order valence-electron chi connectivity index (χ3n) is 2.96. The maximum Gasteiger partial charge on any atom is 0.416 e. The molecule has 1 aromatic heterocycles. The van der Waals surface area contributed by atoms with Crippen molar-refractivity contribution in [3.63, 3.8) is 0 Å². The van der Waals surface area contributed by atoms with Gasteiger partial charge in [-0.3, -0.25) is 4.79 Å². The highest BCUT2D eigenvalue weighted by Gasteiger charge is 2.33. The number of thiophene rings is 1. The molecular formula is C14H8F3NOS. The number of amides is 1. The normalized spacial score (nSPS) is 16.4. The smallest absolute Gasteiger partial charge is 0.321 e. The lowest BCUT2D eigenvalue weighted by Gasteiger charge is -2.07. The first-order chi connectivity index (χ1) is 9.45. The molecule has 1 N–H and O–H groups in total. The number of carbonyl (C=O) groups is 1. The second-order valence-electron chi connectivity index (χ2n) is 4.29. The molecule has 2 nitrogen and oxygen atoms in total. The van der Waals surface area contributed by atoms with E-state index in [1.807, 2.05) is 17.5 Å². The van der Waals surface area contributed by atoms with Gasteiger partial charge in [-0.25, -0.2) is 0 Å². The number of carbonyl (C=O) groups excluding carboxylic acids is 1. The first kappa shape index (κ1) is 12.9. The molecule has 6 heteroatoms. The molecule has 0 bridgehead atoms. The Balaban J connectivity index is 2.06. The van der Waals surface area contributed by atoms with Crippen molar-refractivity contribution in [3.05, 3.63) is 51.7 Å². The van der Waals surface area contributed by atoms with Crippen molar-refractivity contribution >= 4 is 34.6 Å². The van der Waals surface area contributed by atoms with E-state index in [9.17, 15) is 18.0 Å². The molecule has 20 heavy (non-hydrogen) atoms. The van der Waals surface area contributed by atoms with E-state index in [1.165, 1.54) is 17.4 Å². The minimum absolute atomic E-state index is 0.202. The molecule has 2 aromatic rings. The van der Waals surface area contributed by atoms with Crippen LogP contribution in [0.3, 0.4) is 0 Å². The van der Waals surface area contributed by atoms with Crippen LogP contribution < -0.4 is 5.32 Å². The Morgan fingerprint density at radius 1 is 1.20 bits per heavy atom. The fraction of sp³-hybridized carbons (Fsp3) is 0.0714. The van der Waals surface area contributed by atoms with E-state index >= 15 is 0 Å². The molecule has 0 spiro atoms. The maximum absolute atomic E-state index is 12.6. The summed E-state index contributed by atoms with van der Waals surface area (Å²) in [5, 5.41) is 4.34. The summed E-state index contributed by atoms with van der Waals surface area (Å²) in [7, 11) is 0. The molecule has 1 aromatic carbocycles. The minimum Gasteiger partial charge on any atom is -0.321 e. The Bertz CT molecular complexity index is 702. The van der Waals surface area contributed by atoms with Crippen LogP contribution in [0.4, 0.5) is 18.9 Å². The summed E-state index contributed by atoms with van der Waals surface area (Å²) in [5.41, 5.74) is 0.314. The van der Waals surface area contributed by atoms with E-state index in [1.54, 1.807) is 6.08 Å². The van der Waals surface area contributed by atoms with Crippen molar-refractivity contribution in [1.82, 2.24) is 0 Å². The molecule has 0 atom stereocenters. The molecule has 102 valence electrons. The first-order valence-corrected chi connectivity index (χ1v) is 6.61. The molecule has 1 aliphatic rings. The molecule has 0 aliphatic carbocycles. The van der Waals surface area contributed by atoms with Crippen LogP contribution >= 0.6 is 11.3 Å². The standard InChI is InChI=1S/C14H8F3NOS/c15-14(16,17)8-3-4-10-11(7-9-2-1-5-20-9)13(19)18-12(10)6-8/h1-7H,(H,18,19)/b11-7+. The number of anilines is 1. The van der Waals surface area contributed by atoms with Gasteiger partial charge in [0.25, 0.3) is 5.91 Å². The van der Waals surface area contributed by atoms with E-state index < -0.39 is 11.7 Å². The molecule has 0 saturated carbocycles. The van der Waals surface area contributed by atoms with Crippen molar-refractivity contribution in [2.75, 3.05) is 5.32 Å². The van der Waals surface area contributed by atoms with Crippen molar-refractivity contribution < 1.29 is 18.0 Å². The highest BCUT2D eigenvalue weighted by Crippen LogP contribution is 2.38. The van der Waals surface area contributed by atoms with Crippen LogP contribution in [0, 0.1) is 0 Å². The van der Waals surface area contributed by atoms with E-state index in [2.05, 4.69) is 5.32 Å². The molecule has 0 unspecified atom stereocenters. The van der Waals surface area contributed by atoms with Crippen LogP contribution in [0.5, 0.6) is 0 Å². The van der Waals surface area contributed by atoms with Crippen LogP contribution in [-0.2, 0) is 11.0 Å². The zero-order chi connectivity index (χ0) is 14.3. The molecule has 0 fully saturated rings. The summed E-state index contributed by atoms with van der Waals surface area (Å²) < 4.78 is 37.9. The molecule has 2 heterocycles. The van der Waals surface area contributed by atoms with Crippen LogP contribution in [0.25, 0.3) is 11.6 Å². The first-order valence-electron chi connectivity index (χ1n) is 5.73. The van der Waals surface area contributed by atoms with Gasteiger partial charge in [0.2, 0.25) is 0 Å². The Morgan fingerprint density at radius 2 is 2.00 bits per heavy atom. The highest BCUT2D eigenvalue weighted by atomic mass is 32.1. The van der Waals surface area contributed by atoms with Crippen LogP contribution in [0.15, 0.2) is 35.7 Å². The number of alkyl halides is 3. The van der Waals surface area contributed by atoms with E-state index in [4.69, 9.17) is 0 Å². The lowest BCUT2D eigenvalue weighted by Crippen LogP contribution is -2.06. The average molecular weight is 295 g/mol. The average Bonchev–Trinajstić information content (AvgIpc) is 2.97. The minimum atomic E-state index is -4.42. The zero-order valence-electron chi connectivity index (χ0n) is 9.99. The molecule has 3 rings (SSSR count). The van der Waals surface area contributed by atoms with Gasteiger partial charge < -0.3 is 5.32 Å². The number of fused-ring (bicyclic) bond motifs is 1. The van der Waals surface area contributed by atoms with Gasteiger partial charge in [-0.1, -0.05) is 12.1 Å². The third-order valence-corrected chi connectivity index (χ3v) is 3.78. The fourth-order valence-corrected chi connectivity index (χ4v) is 2.69. The van der Waals surface area contributed by atoms with Crippen LogP contribution in [0.1, 0.15) is 16.0 Å². The van der Waals surface area contributed by atoms with Gasteiger partial charge in [0.05, 0.1) is 11.1 Å². The monoisotopic (exact) mass is 295 g/mol. The number of rotatable bonds is 1. The molecular weight excluding hydrogens is 287 g/mol. The molecule has 0 radical (unpaired) electrons. The topological polar surface area (TPSA) is 29.1 Å². The highest BCUT2D eigenvalue weighted by molar-refractivity contribution is 7.11. The van der Waals surface area contributed by atoms with E-state index in [0.717, 1.165) is 17.0 Å². The Kier molecular flexibility index (Phi) is 2.90. The summed E-state index contributed by atoms with van der Waals surface area (Å²) in [6.07, 6.45) is -2.74. The van der Waals surface area contributed by atoms with Gasteiger partial charge in [-0.05, 0) is 29.7 Å². The van der Waals surface area contributed by atoms with Gasteiger partial charge >= 0.3 is 6.18 Å². The van der Waals surface area contributed by atoms with Gasteiger partial charge in [0.15, 0.2) is 0 Å². The number of hydrogen-bond acceptors (Lipinski definition) is 2.